The van der Waals surface area contributed by atoms with Crippen LogP contribution in [0.15, 0.2) is 29.6 Å². The summed E-state index contributed by atoms with van der Waals surface area (Å²) in [6, 6.07) is 7.39. The Morgan fingerprint density at radius 2 is 1.58 bits per heavy atom. The van der Waals surface area contributed by atoms with Gasteiger partial charge in [-0.1, -0.05) is 0 Å². The van der Waals surface area contributed by atoms with Gasteiger partial charge in [0.2, 0.25) is 0 Å². The third-order valence-electron chi connectivity index (χ3n) is 5.31. The topological polar surface area (TPSA) is 101 Å². The monoisotopic (exact) mass is 351 g/mol. The highest BCUT2D eigenvalue weighted by Gasteiger charge is 2.58. The second-order valence-corrected chi connectivity index (χ2v) is 7.48. The molecular formula is C17H21NO5S. The van der Waals surface area contributed by atoms with Crippen molar-refractivity contribution in [2.75, 3.05) is 39.5 Å². The Balaban J connectivity index is 1.93. The van der Waals surface area contributed by atoms with Crippen molar-refractivity contribution in [1.82, 2.24) is 4.90 Å². The van der Waals surface area contributed by atoms with Crippen LogP contribution in [0.5, 0.6) is 0 Å². The fourth-order valence-corrected chi connectivity index (χ4v) is 4.29. The van der Waals surface area contributed by atoms with Gasteiger partial charge in [-0.15, -0.1) is 11.3 Å². The number of carbonyl (C=O) groups excluding carboxylic acids is 1. The molecule has 24 heavy (non-hydrogen) atoms. The van der Waals surface area contributed by atoms with E-state index in [2.05, 4.69) is 0 Å². The predicted molar refractivity (Wildman–Crippen MR) is 90.9 cm³/mol. The molecule has 1 fully saturated rings. The molecule has 2 heterocycles. The minimum Gasteiger partial charge on any atom is -0.396 e. The zero-order chi connectivity index (χ0) is 17.4. The molecule has 0 spiro atoms. The van der Waals surface area contributed by atoms with E-state index in [1.807, 2.05) is 23.6 Å². The molecule has 1 aromatic carbocycles. The summed E-state index contributed by atoms with van der Waals surface area (Å²) >= 11 is 1.60. The van der Waals surface area contributed by atoms with Gasteiger partial charge in [-0.3, -0.25) is 4.79 Å². The van der Waals surface area contributed by atoms with E-state index in [0.29, 0.717) is 5.56 Å². The summed E-state index contributed by atoms with van der Waals surface area (Å²) in [4.78, 5) is 14.3. The maximum Gasteiger partial charge on any atom is 0.253 e. The van der Waals surface area contributed by atoms with Crippen LogP contribution in [0.4, 0.5) is 0 Å². The number of benzene rings is 1. The van der Waals surface area contributed by atoms with Gasteiger partial charge in [0.25, 0.3) is 5.91 Å². The molecule has 4 N–H and O–H groups in total. The lowest BCUT2D eigenvalue weighted by molar-refractivity contribution is -0.0783. The minimum absolute atomic E-state index is 0.0849. The largest absolute Gasteiger partial charge is 0.396 e. The fraction of sp³-hybridized carbons (Fsp3) is 0.471. The molecule has 1 aromatic heterocycles. The Morgan fingerprint density at radius 1 is 1.00 bits per heavy atom. The maximum absolute atomic E-state index is 12.9. The summed E-state index contributed by atoms with van der Waals surface area (Å²) in [5.74, 6) is -0.238. The molecule has 3 rings (SSSR count). The van der Waals surface area contributed by atoms with Gasteiger partial charge in [-0.05, 0) is 35.0 Å². The van der Waals surface area contributed by atoms with Crippen LogP contribution in [0, 0.1) is 10.8 Å². The molecule has 1 aliphatic heterocycles. The van der Waals surface area contributed by atoms with E-state index >= 15 is 0 Å². The number of rotatable bonds is 5. The van der Waals surface area contributed by atoms with Crippen molar-refractivity contribution in [2.45, 2.75) is 0 Å². The molecule has 1 amide bonds. The Bertz CT molecular complexity index is 715. The molecule has 0 unspecified atom stereocenters. The van der Waals surface area contributed by atoms with Crippen LogP contribution < -0.4 is 0 Å². The van der Waals surface area contributed by atoms with Crippen LogP contribution in [0.1, 0.15) is 10.4 Å². The second-order valence-electron chi connectivity index (χ2n) is 6.53. The smallest absolute Gasteiger partial charge is 0.253 e. The maximum atomic E-state index is 12.9. The van der Waals surface area contributed by atoms with Crippen LogP contribution in [-0.2, 0) is 0 Å². The van der Waals surface area contributed by atoms with Gasteiger partial charge < -0.3 is 25.3 Å². The van der Waals surface area contributed by atoms with Crippen LogP contribution in [0.2, 0.25) is 0 Å². The normalized spacial score (nSPS) is 19.1. The molecule has 1 aliphatic rings. The quantitative estimate of drug-likeness (QED) is 0.621. The Hall–Kier alpha value is -1.51. The van der Waals surface area contributed by atoms with E-state index in [1.54, 1.807) is 17.4 Å². The molecular weight excluding hydrogens is 330 g/mol. The predicted octanol–water partition coefficient (Wildman–Crippen LogP) is 0.299. The van der Waals surface area contributed by atoms with E-state index in [9.17, 15) is 25.2 Å². The van der Waals surface area contributed by atoms with Crippen molar-refractivity contribution in [3.8, 4) is 0 Å². The second kappa shape index (κ2) is 6.42. The number of hydrogen-bond donors (Lipinski definition) is 4. The van der Waals surface area contributed by atoms with Gasteiger partial charge in [-0.2, -0.15) is 0 Å². The average Bonchev–Trinajstić information content (AvgIpc) is 3.23. The zero-order valence-corrected chi connectivity index (χ0v) is 14.0. The first-order valence-corrected chi connectivity index (χ1v) is 8.63. The third-order valence-corrected chi connectivity index (χ3v) is 6.21. The Morgan fingerprint density at radius 3 is 2.12 bits per heavy atom. The number of nitrogens with zero attached hydrogens (tertiary/aromatic N) is 1. The number of carbonyl (C=O) groups is 1. The molecule has 0 atom stereocenters. The highest BCUT2D eigenvalue weighted by Crippen LogP contribution is 2.46. The first-order chi connectivity index (χ1) is 11.5. The van der Waals surface area contributed by atoms with Crippen LogP contribution in [-0.4, -0.2) is 70.8 Å². The summed E-state index contributed by atoms with van der Waals surface area (Å²) in [5.41, 5.74) is -1.74. The van der Waals surface area contributed by atoms with Crippen LogP contribution >= 0.6 is 11.3 Å². The lowest BCUT2D eigenvalue weighted by atomic mass is 9.67. The van der Waals surface area contributed by atoms with Crippen molar-refractivity contribution < 1.29 is 25.2 Å². The van der Waals surface area contributed by atoms with Gasteiger partial charge in [0.05, 0.1) is 26.4 Å². The highest BCUT2D eigenvalue weighted by molar-refractivity contribution is 7.17. The SMILES string of the molecule is O=C(c1ccc2sccc2c1)N1CC(CO)(CO)C(CO)(CO)C1. The molecule has 0 radical (unpaired) electrons. The summed E-state index contributed by atoms with van der Waals surface area (Å²) < 4.78 is 1.09. The third kappa shape index (κ3) is 2.44. The van der Waals surface area contributed by atoms with Crippen molar-refractivity contribution in [1.29, 1.82) is 0 Å². The zero-order valence-electron chi connectivity index (χ0n) is 13.2. The van der Waals surface area contributed by atoms with E-state index in [4.69, 9.17) is 0 Å². The fourth-order valence-electron chi connectivity index (χ4n) is 3.52. The van der Waals surface area contributed by atoms with E-state index in [1.165, 1.54) is 4.90 Å². The number of fused-ring (bicyclic) bond motifs is 1. The lowest BCUT2D eigenvalue weighted by Crippen LogP contribution is -2.51. The number of likely N-dealkylation sites (tertiary alicyclic amines) is 1. The number of aliphatic hydroxyl groups is 4. The van der Waals surface area contributed by atoms with E-state index in [-0.39, 0.29) is 19.0 Å². The van der Waals surface area contributed by atoms with Gasteiger partial charge in [-0.25, -0.2) is 0 Å². The van der Waals surface area contributed by atoms with Crippen molar-refractivity contribution >= 4 is 27.3 Å². The van der Waals surface area contributed by atoms with Gasteiger partial charge in [0.15, 0.2) is 0 Å². The summed E-state index contributed by atoms with van der Waals surface area (Å²) in [5, 5.41) is 42.1. The minimum atomic E-state index is -1.13. The van der Waals surface area contributed by atoms with E-state index < -0.39 is 37.3 Å². The number of aliphatic hydroxyl groups excluding tert-OH is 4. The first-order valence-electron chi connectivity index (χ1n) is 7.75. The molecule has 0 bridgehead atoms. The highest BCUT2D eigenvalue weighted by atomic mass is 32.1. The lowest BCUT2D eigenvalue weighted by Gasteiger charge is -2.39. The van der Waals surface area contributed by atoms with Gasteiger partial charge in [0.1, 0.15) is 0 Å². The molecule has 130 valence electrons. The molecule has 0 aliphatic carbocycles. The number of hydrogen-bond acceptors (Lipinski definition) is 6. The molecule has 1 saturated heterocycles. The summed E-state index contributed by atoms with van der Waals surface area (Å²) in [6.45, 7) is -1.50. The standard InChI is InChI=1S/C17H21NO5S/c19-8-16(9-20)6-18(7-17(16,10-21)11-22)15(23)13-1-2-14-12(5-13)3-4-24-14/h1-5,19-22H,6-11H2. The summed E-state index contributed by atoms with van der Waals surface area (Å²) in [7, 11) is 0. The van der Waals surface area contributed by atoms with Crippen molar-refractivity contribution in [3.63, 3.8) is 0 Å². The molecule has 6 nitrogen and oxygen atoms in total. The number of amides is 1. The van der Waals surface area contributed by atoms with Crippen LogP contribution in [0.25, 0.3) is 10.1 Å². The Kier molecular flexibility index (Phi) is 4.63. The number of thiophene rings is 1. The van der Waals surface area contributed by atoms with E-state index in [0.717, 1.165) is 10.1 Å². The van der Waals surface area contributed by atoms with Gasteiger partial charge in [0, 0.05) is 34.2 Å². The molecule has 7 heteroatoms. The average molecular weight is 351 g/mol. The first kappa shape index (κ1) is 17.3. The van der Waals surface area contributed by atoms with Crippen LogP contribution in [0.3, 0.4) is 0 Å². The Labute approximate surface area is 143 Å². The van der Waals surface area contributed by atoms with Gasteiger partial charge >= 0.3 is 0 Å². The van der Waals surface area contributed by atoms with Crippen molar-refractivity contribution in [2.24, 2.45) is 10.8 Å². The molecule has 0 saturated carbocycles. The summed E-state index contributed by atoms with van der Waals surface area (Å²) in [6.07, 6.45) is 0. The molecule has 2 aromatic rings. The van der Waals surface area contributed by atoms with Crippen molar-refractivity contribution in [3.05, 3.63) is 35.2 Å².